The molecule has 0 aromatic carbocycles. The van der Waals surface area contributed by atoms with Crippen LogP contribution in [0.5, 0.6) is 0 Å². The minimum atomic E-state index is -1.67. The Morgan fingerprint density at radius 1 is 0.507 bits per heavy atom. The zero-order valence-electron chi connectivity index (χ0n) is 42.9. The first-order chi connectivity index (χ1) is 32.7. The Labute approximate surface area is 409 Å². The lowest BCUT2D eigenvalue weighted by Gasteiger charge is -2.40. The quantitative estimate of drug-likeness (QED) is 0.0215. The molecule has 0 aromatic rings. The molecule has 67 heavy (non-hydrogen) atoms. The average molecular weight is 952 g/mol. The standard InChI is InChI=1S/C56H105NO10/c1-3-5-7-9-11-13-15-17-19-21-22-23-24-25-26-28-29-31-33-35-37-39-41-43-48(59)51(61)47(46-66-56-54(64)53(63)52(62)50(45-58)67-56)57-55(65)49(60)44-42-40-38-36-34-32-30-27-20-18-16-14-12-10-8-6-4-2/h28-30,32,35,37,47-54,56,58-64H,3-27,31,33-34,36,38-46H2,1-2H3,(H,57,65)/b29-28+,32-30-,37-35+. The maximum atomic E-state index is 13.1. The van der Waals surface area contributed by atoms with E-state index >= 15 is 0 Å². The van der Waals surface area contributed by atoms with Crippen LogP contribution in [0.2, 0.25) is 0 Å². The van der Waals surface area contributed by atoms with Crippen LogP contribution < -0.4 is 5.32 Å². The summed E-state index contributed by atoms with van der Waals surface area (Å²) in [4.78, 5) is 13.1. The maximum Gasteiger partial charge on any atom is 0.249 e. The summed E-state index contributed by atoms with van der Waals surface area (Å²) in [6.45, 7) is 3.44. The van der Waals surface area contributed by atoms with Crippen molar-refractivity contribution in [3.05, 3.63) is 36.5 Å². The fourth-order valence-corrected chi connectivity index (χ4v) is 8.81. The summed E-state index contributed by atoms with van der Waals surface area (Å²) >= 11 is 0. The number of ether oxygens (including phenoxy) is 2. The highest BCUT2D eigenvalue weighted by Gasteiger charge is 2.44. The van der Waals surface area contributed by atoms with Crippen molar-refractivity contribution < 1.29 is 50.0 Å². The van der Waals surface area contributed by atoms with E-state index in [1.807, 2.05) is 0 Å². The van der Waals surface area contributed by atoms with Crippen molar-refractivity contribution in [1.29, 1.82) is 0 Å². The van der Waals surface area contributed by atoms with Crippen LogP contribution in [0.3, 0.4) is 0 Å². The Morgan fingerprint density at radius 2 is 0.896 bits per heavy atom. The molecule has 11 nitrogen and oxygen atoms in total. The van der Waals surface area contributed by atoms with Crippen LogP contribution in [0.4, 0.5) is 0 Å². The number of allylic oxidation sites excluding steroid dienone is 6. The summed E-state index contributed by atoms with van der Waals surface area (Å²) in [5.41, 5.74) is 0. The van der Waals surface area contributed by atoms with Gasteiger partial charge in [0.1, 0.15) is 36.6 Å². The number of carbonyl (C=O) groups excluding carboxylic acids is 1. The first kappa shape index (κ1) is 63.3. The summed E-state index contributed by atoms with van der Waals surface area (Å²) in [7, 11) is 0. The molecule has 1 amide bonds. The van der Waals surface area contributed by atoms with Crippen LogP contribution in [0.15, 0.2) is 36.5 Å². The van der Waals surface area contributed by atoms with Crippen molar-refractivity contribution in [1.82, 2.24) is 5.32 Å². The molecule has 0 saturated carbocycles. The molecular weight excluding hydrogens is 847 g/mol. The number of unbranched alkanes of at least 4 members (excludes halogenated alkanes) is 29. The fourth-order valence-electron chi connectivity index (χ4n) is 8.81. The second-order valence-corrected chi connectivity index (χ2v) is 19.6. The molecule has 11 heteroatoms. The smallest absolute Gasteiger partial charge is 0.249 e. The molecule has 1 aliphatic heterocycles. The molecule has 0 aliphatic carbocycles. The predicted molar refractivity (Wildman–Crippen MR) is 275 cm³/mol. The molecule has 0 aromatic heterocycles. The lowest BCUT2D eigenvalue weighted by molar-refractivity contribution is -0.303. The number of carbonyl (C=O) groups is 1. The van der Waals surface area contributed by atoms with E-state index in [2.05, 4.69) is 55.6 Å². The highest BCUT2D eigenvalue weighted by molar-refractivity contribution is 5.80. The summed E-state index contributed by atoms with van der Waals surface area (Å²) in [5, 5.41) is 76.0. The summed E-state index contributed by atoms with van der Waals surface area (Å²) < 4.78 is 11.1. The van der Waals surface area contributed by atoms with Gasteiger partial charge in [0.15, 0.2) is 6.29 Å². The molecule has 0 radical (unpaired) electrons. The molecular formula is C56H105NO10. The molecule has 0 spiro atoms. The highest BCUT2D eigenvalue weighted by Crippen LogP contribution is 2.23. The van der Waals surface area contributed by atoms with Crippen LogP contribution in [-0.2, 0) is 14.3 Å². The number of amides is 1. The third kappa shape index (κ3) is 34.3. The van der Waals surface area contributed by atoms with Crippen molar-refractivity contribution >= 4 is 5.91 Å². The zero-order valence-corrected chi connectivity index (χ0v) is 42.9. The van der Waals surface area contributed by atoms with E-state index < -0.39 is 74.2 Å². The molecule has 8 N–H and O–H groups in total. The van der Waals surface area contributed by atoms with Gasteiger partial charge in [0.25, 0.3) is 0 Å². The van der Waals surface area contributed by atoms with Crippen LogP contribution >= 0.6 is 0 Å². The van der Waals surface area contributed by atoms with E-state index in [-0.39, 0.29) is 12.8 Å². The lowest BCUT2D eigenvalue weighted by atomic mass is 9.98. The van der Waals surface area contributed by atoms with Gasteiger partial charge in [0.2, 0.25) is 5.91 Å². The molecule has 1 rings (SSSR count). The van der Waals surface area contributed by atoms with Gasteiger partial charge in [-0.2, -0.15) is 0 Å². The van der Waals surface area contributed by atoms with E-state index in [4.69, 9.17) is 9.47 Å². The van der Waals surface area contributed by atoms with Crippen LogP contribution in [-0.4, -0.2) is 110 Å². The second-order valence-electron chi connectivity index (χ2n) is 19.6. The molecule has 1 fully saturated rings. The summed E-state index contributed by atoms with van der Waals surface area (Å²) in [6, 6.07) is -1.20. The summed E-state index contributed by atoms with van der Waals surface area (Å²) in [5.74, 6) is -0.718. The van der Waals surface area contributed by atoms with Gasteiger partial charge in [0.05, 0.1) is 25.4 Å². The number of rotatable bonds is 47. The van der Waals surface area contributed by atoms with Crippen molar-refractivity contribution in [2.75, 3.05) is 13.2 Å². The zero-order chi connectivity index (χ0) is 49.0. The van der Waals surface area contributed by atoms with Crippen LogP contribution in [0.25, 0.3) is 0 Å². The molecule has 0 bridgehead atoms. The molecule has 9 unspecified atom stereocenters. The third-order valence-electron chi connectivity index (χ3n) is 13.4. The van der Waals surface area contributed by atoms with Crippen molar-refractivity contribution in [2.45, 2.75) is 300 Å². The largest absolute Gasteiger partial charge is 0.394 e. The van der Waals surface area contributed by atoms with Crippen LogP contribution in [0.1, 0.15) is 245 Å². The van der Waals surface area contributed by atoms with Crippen molar-refractivity contribution in [3.63, 3.8) is 0 Å². The van der Waals surface area contributed by atoms with Gasteiger partial charge in [-0.1, -0.05) is 204 Å². The Hall–Kier alpha value is -1.67. The van der Waals surface area contributed by atoms with Gasteiger partial charge in [-0.05, 0) is 77.0 Å². The minimum Gasteiger partial charge on any atom is -0.394 e. The van der Waals surface area contributed by atoms with Crippen molar-refractivity contribution in [3.8, 4) is 0 Å². The van der Waals surface area contributed by atoms with E-state index in [1.165, 1.54) is 148 Å². The number of aliphatic hydroxyl groups is 7. The lowest BCUT2D eigenvalue weighted by Crippen LogP contribution is -2.60. The van der Waals surface area contributed by atoms with Gasteiger partial charge < -0.3 is 50.5 Å². The summed E-state index contributed by atoms with van der Waals surface area (Å²) in [6.07, 6.45) is 43.4. The monoisotopic (exact) mass is 952 g/mol. The Balaban J connectivity index is 2.38. The van der Waals surface area contributed by atoms with Gasteiger partial charge in [-0.15, -0.1) is 0 Å². The maximum absolute atomic E-state index is 13.1. The molecule has 394 valence electrons. The van der Waals surface area contributed by atoms with E-state index in [0.29, 0.717) is 19.3 Å². The first-order valence-corrected chi connectivity index (χ1v) is 27.9. The van der Waals surface area contributed by atoms with Gasteiger partial charge in [0, 0.05) is 0 Å². The Morgan fingerprint density at radius 3 is 1.33 bits per heavy atom. The molecule has 1 aliphatic rings. The van der Waals surface area contributed by atoms with E-state index in [1.54, 1.807) is 0 Å². The number of hydrogen-bond donors (Lipinski definition) is 8. The van der Waals surface area contributed by atoms with E-state index in [9.17, 15) is 40.5 Å². The number of aliphatic hydroxyl groups excluding tert-OH is 7. The van der Waals surface area contributed by atoms with Gasteiger partial charge in [-0.3, -0.25) is 4.79 Å². The molecule has 1 heterocycles. The van der Waals surface area contributed by atoms with Gasteiger partial charge >= 0.3 is 0 Å². The minimum absolute atomic E-state index is 0.237. The predicted octanol–water partition coefficient (Wildman–Crippen LogP) is 11.1. The Bertz CT molecular complexity index is 1180. The van der Waals surface area contributed by atoms with Crippen molar-refractivity contribution in [2.24, 2.45) is 0 Å². The number of nitrogens with one attached hydrogen (secondary N) is 1. The van der Waals surface area contributed by atoms with Crippen LogP contribution in [0, 0.1) is 0 Å². The Kier molecular flexibility index (Phi) is 43.0. The first-order valence-electron chi connectivity index (χ1n) is 27.9. The SMILES string of the molecule is CCCCCCCCCCC/C=C\CCCCCCC(O)C(=O)NC(COC1OC(CO)C(O)C(O)C1O)C(O)C(O)CCC/C=C/CC/C=C/CCCCCCCCCCCCCCCC. The number of hydrogen-bond acceptors (Lipinski definition) is 10. The topological polar surface area (TPSA) is 189 Å². The van der Waals surface area contributed by atoms with Gasteiger partial charge in [-0.25, -0.2) is 0 Å². The molecule has 9 atom stereocenters. The fraction of sp³-hybridized carbons (Fsp3) is 0.875. The average Bonchev–Trinajstić information content (AvgIpc) is 3.33. The normalized spacial score (nSPS) is 20.9. The molecule has 1 saturated heterocycles. The third-order valence-corrected chi connectivity index (χ3v) is 13.4. The highest BCUT2D eigenvalue weighted by atomic mass is 16.7. The second kappa shape index (κ2) is 45.5. The van der Waals surface area contributed by atoms with E-state index in [0.717, 1.165) is 51.4 Å².